The zero-order chi connectivity index (χ0) is 16.4. The number of nitro benzene ring substituents is 1. The summed E-state index contributed by atoms with van der Waals surface area (Å²) in [5, 5.41) is 10.7. The number of nitro groups is 1. The van der Waals surface area contributed by atoms with Crippen LogP contribution in [-0.4, -0.2) is 18.3 Å². The number of rotatable bonds is 6. The number of aromatic nitrogens is 1. The van der Waals surface area contributed by atoms with Crippen LogP contribution in [0.1, 0.15) is 24.4 Å². The molecule has 1 fully saturated rings. The molecule has 0 unspecified atom stereocenters. The molecule has 0 radical (unpaired) electrons. The minimum absolute atomic E-state index is 0.0117. The summed E-state index contributed by atoms with van der Waals surface area (Å²) in [4.78, 5) is 14.1. The van der Waals surface area contributed by atoms with Gasteiger partial charge in [-0.25, -0.2) is 13.1 Å². The van der Waals surface area contributed by atoms with Crippen LogP contribution in [0, 0.1) is 16.0 Å². The third kappa shape index (κ3) is 3.54. The third-order valence-electron chi connectivity index (χ3n) is 3.78. The maximum Gasteiger partial charge on any atom is 0.269 e. The first-order valence-corrected chi connectivity index (χ1v) is 8.62. The van der Waals surface area contributed by atoms with Crippen molar-refractivity contribution in [2.45, 2.75) is 23.8 Å². The number of pyridine rings is 1. The van der Waals surface area contributed by atoms with Crippen LogP contribution in [0.5, 0.6) is 0 Å². The van der Waals surface area contributed by atoms with Gasteiger partial charge in [-0.1, -0.05) is 6.07 Å². The van der Waals surface area contributed by atoms with Crippen molar-refractivity contribution in [2.75, 3.05) is 0 Å². The maximum absolute atomic E-state index is 12.5. The molecule has 120 valence electrons. The summed E-state index contributed by atoms with van der Waals surface area (Å²) >= 11 is 0. The van der Waals surface area contributed by atoms with E-state index in [4.69, 9.17) is 0 Å². The number of benzene rings is 1. The van der Waals surface area contributed by atoms with Crippen LogP contribution in [-0.2, 0) is 10.0 Å². The molecular formula is C15H15N3O4S. The molecule has 3 rings (SSSR count). The number of hydrogen-bond donors (Lipinski definition) is 1. The van der Waals surface area contributed by atoms with Crippen LogP contribution >= 0.6 is 0 Å². The molecule has 2 aromatic rings. The van der Waals surface area contributed by atoms with Gasteiger partial charge in [-0.2, -0.15) is 0 Å². The Labute approximate surface area is 133 Å². The zero-order valence-corrected chi connectivity index (χ0v) is 12.9. The molecule has 23 heavy (non-hydrogen) atoms. The molecule has 7 nitrogen and oxygen atoms in total. The number of non-ortho nitro benzene ring substituents is 1. The van der Waals surface area contributed by atoms with E-state index in [1.165, 1.54) is 24.3 Å². The van der Waals surface area contributed by atoms with Crippen molar-refractivity contribution < 1.29 is 13.3 Å². The van der Waals surface area contributed by atoms with Crippen molar-refractivity contribution >= 4 is 15.7 Å². The van der Waals surface area contributed by atoms with Gasteiger partial charge in [0.05, 0.1) is 15.9 Å². The van der Waals surface area contributed by atoms with Gasteiger partial charge >= 0.3 is 0 Å². The minimum Gasteiger partial charge on any atom is -0.264 e. The second kappa shape index (κ2) is 6.05. The first kappa shape index (κ1) is 15.6. The van der Waals surface area contributed by atoms with Crippen LogP contribution in [0.25, 0.3) is 0 Å². The van der Waals surface area contributed by atoms with Gasteiger partial charge in [0, 0.05) is 24.5 Å². The average Bonchev–Trinajstić information content (AvgIpc) is 3.38. The Morgan fingerprint density at radius 3 is 2.43 bits per heavy atom. The molecule has 1 N–H and O–H groups in total. The Bertz CT molecular complexity index is 802. The lowest BCUT2D eigenvalue weighted by Gasteiger charge is -2.18. The van der Waals surface area contributed by atoms with Crippen molar-refractivity contribution in [2.24, 2.45) is 5.92 Å². The van der Waals surface area contributed by atoms with Gasteiger partial charge in [0.15, 0.2) is 0 Å². The highest BCUT2D eigenvalue weighted by molar-refractivity contribution is 7.89. The molecule has 1 heterocycles. The Morgan fingerprint density at radius 1 is 1.22 bits per heavy atom. The van der Waals surface area contributed by atoms with E-state index in [9.17, 15) is 18.5 Å². The molecule has 1 aliphatic carbocycles. The number of nitrogens with one attached hydrogen (secondary N) is 1. The van der Waals surface area contributed by atoms with Crippen molar-refractivity contribution in [1.29, 1.82) is 0 Å². The van der Waals surface area contributed by atoms with Gasteiger partial charge in [0.1, 0.15) is 0 Å². The van der Waals surface area contributed by atoms with Crippen LogP contribution < -0.4 is 4.72 Å². The highest BCUT2D eigenvalue weighted by Crippen LogP contribution is 2.41. The van der Waals surface area contributed by atoms with E-state index in [0.29, 0.717) is 0 Å². The monoisotopic (exact) mass is 333 g/mol. The normalized spacial score (nSPS) is 16.0. The summed E-state index contributed by atoms with van der Waals surface area (Å²) in [6.45, 7) is 0. The van der Waals surface area contributed by atoms with E-state index < -0.39 is 14.9 Å². The van der Waals surface area contributed by atoms with Crippen LogP contribution in [0.3, 0.4) is 0 Å². The Morgan fingerprint density at radius 2 is 1.91 bits per heavy atom. The summed E-state index contributed by atoms with van der Waals surface area (Å²) in [7, 11) is -3.76. The van der Waals surface area contributed by atoms with E-state index in [-0.39, 0.29) is 22.5 Å². The Balaban J connectivity index is 1.85. The quantitative estimate of drug-likeness (QED) is 0.646. The third-order valence-corrected chi connectivity index (χ3v) is 5.23. The topological polar surface area (TPSA) is 102 Å². The number of sulfonamides is 1. The standard InChI is InChI=1S/C15H15N3O4S/c19-18(20)13-5-7-14(8-6-13)23(21,22)17-15(11-3-4-11)12-2-1-9-16-10-12/h1-2,5-11,15,17H,3-4H2/t15-/m1/s1. The molecule has 0 aliphatic heterocycles. The van der Waals surface area contributed by atoms with Gasteiger partial charge in [0.25, 0.3) is 5.69 Å². The van der Waals surface area contributed by atoms with Crippen LogP contribution in [0.4, 0.5) is 5.69 Å². The minimum atomic E-state index is -3.76. The highest BCUT2D eigenvalue weighted by Gasteiger charge is 2.35. The fourth-order valence-electron chi connectivity index (χ4n) is 2.41. The molecule has 0 spiro atoms. The van der Waals surface area contributed by atoms with Gasteiger partial charge in [-0.05, 0) is 42.5 Å². The van der Waals surface area contributed by atoms with E-state index in [2.05, 4.69) is 9.71 Å². The van der Waals surface area contributed by atoms with Crippen molar-refractivity contribution in [3.63, 3.8) is 0 Å². The zero-order valence-electron chi connectivity index (χ0n) is 12.1. The Hall–Kier alpha value is -2.32. The molecule has 0 amide bonds. The predicted octanol–water partition coefficient (Wildman–Crippen LogP) is 2.42. The lowest BCUT2D eigenvalue weighted by atomic mass is 10.1. The lowest BCUT2D eigenvalue weighted by molar-refractivity contribution is -0.384. The second-order valence-corrected chi connectivity index (χ2v) is 7.19. The van der Waals surface area contributed by atoms with Crippen molar-refractivity contribution in [3.05, 3.63) is 64.5 Å². The van der Waals surface area contributed by atoms with Crippen molar-refractivity contribution in [1.82, 2.24) is 9.71 Å². The molecule has 8 heteroatoms. The summed E-state index contributed by atoms with van der Waals surface area (Å²) in [5.74, 6) is 0.257. The second-order valence-electron chi connectivity index (χ2n) is 5.47. The molecule has 1 atom stereocenters. The van der Waals surface area contributed by atoms with E-state index in [1.54, 1.807) is 18.5 Å². The molecule has 0 saturated heterocycles. The van der Waals surface area contributed by atoms with Gasteiger partial charge in [-0.15, -0.1) is 0 Å². The van der Waals surface area contributed by atoms with E-state index >= 15 is 0 Å². The molecule has 1 aromatic carbocycles. The van der Waals surface area contributed by atoms with Gasteiger partial charge in [0.2, 0.25) is 10.0 Å². The lowest BCUT2D eigenvalue weighted by Crippen LogP contribution is -2.30. The van der Waals surface area contributed by atoms with Crippen LogP contribution in [0.2, 0.25) is 0 Å². The summed E-state index contributed by atoms with van der Waals surface area (Å²) in [6.07, 6.45) is 5.21. The van der Waals surface area contributed by atoms with Crippen molar-refractivity contribution in [3.8, 4) is 0 Å². The molecule has 0 bridgehead atoms. The van der Waals surface area contributed by atoms with Gasteiger partial charge < -0.3 is 0 Å². The molecule has 1 aliphatic rings. The summed E-state index contributed by atoms with van der Waals surface area (Å²) < 4.78 is 27.8. The summed E-state index contributed by atoms with van der Waals surface area (Å²) in [6, 6.07) is 8.14. The van der Waals surface area contributed by atoms with Crippen LogP contribution in [0.15, 0.2) is 53.7 Å². The number of nitrogens with zero attached hydrogens (tertiary/aromatic N) is 2. The molecular weight excluding hydrogens is 318 g/mol. The fraction of sp³-hybridized carbons (Fsp3) is 0.267. The number of hydrogen-bond acceptors (Lipinski definition) is 5. The smallest absolute Gasteiger partial charge is 0.264 e. The predicted molar refractivity (Wildman–Crippen MR) is 83.1 cm³/mol. The first-order valence-electron chi connectivity index (χ1n) is 7.14. The van der Waals surface area contributed by atoms with Gasteiger partial charge in [-0.3, -0.25) is 15.1 Å². The van der Waals surface area contributed by atoms with E-state index in [0.717, 1.165) is 18.4 Å². The Kier molecular flexibility index (Phi) is 4.10. The molecule has 1 saturated carbocycles. The summed E-state index contributed by atoms with van der Waals surface area (Å²) in [5.41, 5.74) is 0.676. The average molecular weight is 333 g/mol. The SMILES string of the molecule is O=[N+]([O-])c1ccc(S(=O)(=O)N[C@@H](c2cccnc2)C2CC2)cc1. The largest absolute Gasteiger partial charge is 0.269 e. The first-order chi connectivity index (χ1) is 11.0. The highest BCUT2D eigenvalue weighted by atomic mass is 32.2. The fourth-order valence-corrected chi connectivity index (χ4v) is 3.70. The van der Waals surface area contributed by atoms with E-state index in [1.807, 2.05) is 6.07 Å². The maximum atomic E-state index is 12.5. The molecule has 1 aromatic heterocycles.